The predicted octanol–water partition coefficient (Wildman–Crippen LogP) is 2.71. The molecule has 20 heavy (non-hydrogen) atoms. The number of carbonyl (C=O) groups is 1. The van der Waals surface area contributed by atoms with E-state index >= 15 is 0 Å². The molecule has 0 bridgehead atoms. The molecule has 1 heterocycles. The van der Waals surface area contributed by atoms with Gasteiger partial charge >= 0.3 is 0 Å². The van der Waals surface area contributed by atoms with Gasteiger partial charge in [0.15, 0.2) is 4.47 Å². The fourth-order valence-corrected chi connectivity index (χ4v) is 2.64. The van der Waals surface area contributed by atoms with Gasteiger partial charge in [-0.3, -0.25) is 4.79 Å². The maximum atomic E-state index is 13.2. The molecule has 1 aromatic heterocycles. The third-order valence-electron chi connectivity index (χ3n) is 2.33. The van der Waals surface area contributed by atoms with Gasteiger partial charge in [-0.05, 0) is 17.7 Å². The summed E-state index contributed by atoms with van der Waals surface area (Å²) in [6, 6.07) is 5.94. The van der Waals surface area contributed by atoms with Crippen LogP contribution in [0.15, 0.2) is 24.3 Å². The monoisotopic (exact) mass is 335 g/mol. The van der Waals surface area contributed by atoms with Gasteiger partial charge in [0.25, 0.3) is 5.91 Å². The summed E-state index contributed by atoms with van der Waals surface area (Å²) < 4.78 is 13.5. The zero-order valence-corrected chi connectivity index (χ0v) is 12.6. The van der Waals surface area contributed by atoms with Gasteiger partial charge in [0, 0.05) is 13.1 Å². The SMILES string of the molecule is Cl.NCCNC(=O)c1nc(Cl)sc1-c1cccc(F)c1. The van der Waals surface area contributed by atoms with Crippen LogP contribution in [0.1, 0.15) is 10.5 Å². The van der Waals surface area contributed by atoms with Crippen LogP contribution in [0.4, 0.5) is 4.39 Å². The Kier molecular flexibility index (Phi) is 6.35. The third-order valence-corrected chi connectivity index (χ3v) is 3.54. The summed E-state index contributed by atoms with van der Waals surface area (Å²) in [4.78, 5) is 16.4. The average molecular weight is 336 g/mol. The Morgan fingerprint density at radius 2 is 2.25 bits per heavy atom. The van der Waals surface area contributed by atoms with Crippen molar-refractivity contribution in [2.75, 3.05) is 13.1 Å². The normalized spacial score (nSPS) is 9.95. The summed E-state index contributed by atoms with van der Waals surface area (Å²) in [5.41, 5.74) is 6.08. The fourth-order valence-electron chi connectivity index (χ4n) is 1.54. The van der Waals surface area contributed by atoms with E-state index in [0.29, 0.717) is 23.5 Å². The first kappa shape index (κ1) is 16.8. The highest BCUT2D eigenvalue weighted by Gasteiger charge is 2.18. The van der Waals surface area contributed by atoms with Crippen molar-refractivity contribution >= 4 is 41.3 Å². The molecule has 1 aromatic carbocycles. The summed E-state index contributed by atoms with van der Waals surface area (Å²) in [6.07, 6.45) is 0. The highest BCUT2D eigenvalue weighted by atomic mass is 35.5. The molecule has 3 N–H and O–H groups in total. The Morgan fingerprint density at radius 1 is 1.50 bits per heavy atom. The maximum absolute atomic E-state index is 13.2. The molecule has 0 fully saturated rings. The van der Waals surface area contributed by atoms with Crippen molar-refractivity contribution in [1.82, 2.24) is 10.3 Å². The third kappa shape index (κ3) is 3.89. The minimum atomic E-state index is -0.379. The topological polar surface area (TPSA) is 68.0 Å². The molecule has 0 radical (unpaired) electrons. The Morgan fingerprint density at radius 3 is 2.90 bits per heavy atom. The molecule has 0 saturated carbocycles. The maximum Gasteiger partial charge on any atom is 0.271 e. The van der Waals surface area contributed by atoms with Crippen LogP contribution in [0.25, 0.3) is 10.4 Å². The minimum Gasteiger partial charge on any atom is -0.349 e. The molecule has 0 aliphatic rings. The van der Waals surface area contributed by atoms with E-state index in [1.807, 2.05) is 0 Å². The molecule has 0 unspecified atom stereocenters. The molecule has 1 amide bonds. The number of carbonyl (C=O) groups excluding carboxylic acids is 1. The molecule has 2 rings (SSSR count). The van der Waals surface area contributed by atoms with Crippen LogP contribution in [-0.2, 0) is 0 Å². The molecule has 0 aliphatic heterocycles. The number of halogens is 3. The average Bonchev–Trinajstić information content (AvgIpc) is 2.78. The zero-order chi connectivity index (χ0) is 13.8. The van der Waals surface area contributed by atoms with Gasteiger partial charge in [-0.25, -0.2) is 9.37 Å². The first-order valence-electron chi connectivity index (χ1n) is 5.52. The predicted molar refractivity (Wildman–Crippen MR) is 81.2 cm³/mol. The highest BCUT2D eigenvalue weighted by molar-refractivity contribution is 7.19. The van der Waals surface area contributed by atoms with Crippen molar-refractivity contribution < 1.29 is 9.18 Å². The van der Waals surface area contributed by atoms with Crippen LogP contribution in [0, 0.1) is 5.82 Å². The van der Waals surface area contributed by atoms with E-state index in [-0.39, 0.29) is 34.3 Å². The first-order valence-corrected chi connectivity index (χ1v) is 6.72. The van der Waals surface area contributed by atoms with Gasteiger partial charge in [0.1, 0.15) is 11.5 Å². The Labute approximate surface area is 130 Å². The number of benzene rings is 1. The lowest BCUT2D eigenvalue weighted by Gasteiger charge is -2.03. The molecule has 8 heteroatoms. The molecule has 4 nitrogen and oxygen atoms in total. The molecule has 108 valence electrons. The number of nitrogens with one attached hydrogen (secondary N) is 1. The van der Waals surface area contributed by atoms with Gasteiger partial charge in [0.05, 0.1) is 4.88 Å². The van der Waals surface area contributed by atoms with Crippen molar-refractivity contribution in [3.05, 3.63) is 40.2 Å². The number of nitrogens with two attached hydrogens (primary N) is 1. The summed E-state index contributed by atoms with van der Waals surface area (Å²) in [5.74, 6) is -0.747. The molecular weight excluding hydrogens is 324 g/mol. The quantitative estimate of drug-likeness (QED) is 0.902. The van der Waals surface area contributed by atoms with E-state index in [2.05, 4.69) is 10.3 Å². The fraction of sp³-hybridized carbons (Fsp3) is 0.167. The second kappa shape index (κ2) is 7.54. The van der Waals surface area contributed by atoms with Crippen LogP contribution in [-0.4, -0.2) is 24.0 Å². The van der Waals surface area contributed by atoms with Gasteiger partial charge in [-0.15, -0.1) is 23.7 Å². The van der Waals surface area contributed by atoms with Crippen molar-refractivity contribution in [2.45, 2.75) is 0 Å². The lowest BCUT2D eigenvalue weighted by molar-refractivity contribution is 0.0951. The molecule has 0 saturated heterocycles. The van der Waals surface area contributed by atoms with Gasteiger partial charge in [0.2, 0.25) is 0 Å². The highest BCUT2D eigenvalue weighted by Crippen LogP contribution is 2.33. The van der Waals surface area contributed by atoms with E-state index in [1.54, 1.807) is 12.1 Å². The number of amides is 1. The van der Waals surface area contributed by atoms with Crippen molar-refractivity contribution in [3.63, 3.8) is 0 Å². The standard InChI is InChI=1S/C12H11ClFN3OS.ClH/c13-12-17-9(11(18)16-5-4-15)10(19-12)7-2-1-3-8(14)6-7;/h1-3,6H,4-5,15H2,(H,16,18);1H. The summed E-state index contributed by atoms with van der Waals surface area (Å²) in [6.45, 7) is 0.676. The smallest absolute Gasteiger partial charge is 0.271 e. The number of rotatable bonds is 4. The van der Waals surface area contributed by atoms with Crippen LogP contribution < -0.4 is 11.1 Å². The number of hydrogen-bond acceptors (Lipinski definition) is 4. The molecule has 0 aliphatic carbocycles. The number of aromatic nitrogens is 1. The van der Waals surface area contributed by atoms with Crippen LogP contribution in [0.2, 0.25) is 4.47 Å². The molecular formula is C12H12Cl2FN3OS. The molecule has 0 atom stereocenters. The number of hydrogen-bond donors (Lipinski definition) is 2. The largest absolute Gasteiger partial charge is 0.349 e. The van der Waals surface area contributed by atoms with E-state index < -0.39 is 0 Å². The van der Waals surface area contributed by atoms with Gasteiger partial charge in [-0.1, -0.05) is 23.7 Å². The van der Waals surface area contributed by atoms with Crippen LogP contribution >= 0.6 is 35.3 Å². The second-order valence-corrected chi connectivity index (χ2v) is 5.28. The summed E-state index contributed by atoms with van der Waals surface area (Å²) in [5, 5.41) is 2.61. The lowest BCUT2D eigenvalue weighted by Crippen LogP contribution is -2.29. The van der Waals surface area contributed by atoms with E-state index in [1.165, 1.54) is 12.1 Å². The number of thiazole rings is 1. The van der Waals surface area contributed by atoms with Gasteiger partial charge < -0.3 is 11.1 Å². The van der Waals surface area contributed by atoms with Crippen LogP contribution in [0.5, 0.6) is 0 Å². The molecule has 0 spiro atoms. The first-order chi connectivity index (χ1) is 9.11. The minimum absolute atomic E-state index is 0. The van der Waals surface area contributed by atoms with Gasteiger partial charge in [-0.2, -0.15) is 0 Å². The Balaban J connectivity index is 0.00000200. The van der Waals surface area contributed by atoms with E-state index in [9.17, 15) is 9.18 Å². The summed E-state index contributed by atoms with van der Waals surface area (Å²) in [7, 11) is 0. The van der Waals surface area contributed by atoms with Crippen LogP contribution in [0.3, 0.4) is 0 Å². The number of nitrogens with zero attached hydrogens (tertiary/aromatic N) is 1. The van der Waals surface area contributed by atoms with E-state index in [4.69, 9.17) is 17.3 Å². The molecule has 2 aromatic rings. The Hall–Kier alpha value is -1.21. The Bertz CT molecular complexity index is 606. The van der Waals surface area contributed by atoms with Crippen molar-refractivity contribution in [3.8, 4) is 10.4 Å². The van der Waals surface area contributed by atoms with E-state index in [0.717, 1.165) is 11.3 Å². The van der Waals surface area contributed by atoms with Crippen molar-refractivity contribution in [1.29, 1.82) is 0 Å². The lowest BCUT2D eigenvalue weighted by atomic mass is 10.1. The summed E-state index contributed by atoms with van der Waals surface area (Å²) >= 11 is 6.98. The zero-order valence-electron chi connectivity index (χ0n) is 10.2. The second-order valence-electron chi connectivity index (χ2n) is 3.70. The van der Waals surface area contributed by atoms with Crippen molar-refractivity contribution in [2.24, 2.45) is 5.73 Å².